The van der Waals surface area contributed by atoms with E-state index in [0.717, 1.165) is 24.6 Å². The van der Waals surface area contributed by atoms with Crippen molar-refractivity contribution in [3.05, 3.63) is 42.5 Å². The number of likely N-dealkylation sites (tertiary alicyclic amines) is 1. The first-order chi connectivity index (χ1) is 15.3. The van der Waals surface area contributed by atoms with E-state index in [0.29, 0.717) is 43.8 Å². The average molecular weight is 460 g/mol. The third-order valence-corrected chi connectivity index (χ3v) is 7.61. The Hall–Kier alpha value is -2.65. The number of nitrogens with one attached hydrogen (secondary N) is 1. The van der Waals surface area contributed by atoms with Gasteiger partial charge in [-0.05, 0) is 43.1 Å². The molecule has 0 saturated carbocycles. The molecule has 1 atom stereocenters. The van der Waals surface area contributed by atoms with Gasteiger partial charge in [-0.15, -0.1) is 0 Å². The van der Waals surface area contributed by atoms with E-state index >= 15 is 0 Å². The molecule has 1 fully saturated rings. The number of nitrogens with zero attached hydrogens (tertiary/aromatic N) is 2. The lowest BCUT2D eigenvalue weighted by Gasteiger charge is -2.34. The van der Waals surface area contributed by atoms with Crippen LogP contribution < -0.4 is 16.2 Å². The summed E-state index contributed by atoms with van der Waals surface area (Å²) in [5, 5.41) is 1.45. The van der Waals surface area contributed by atoms with Crippen LogP contribution in [-0.4, -0.2) is 50.9 Å². The smallest absolute Gasteiger partial charge is 0.241 e. The first kappa shape index (κ1) is 24.0. The van der Waals surface area contributed by atoms with Gasteiger partial charge in [0.05, 0.1) is 4.90 Å². The predicted octanol–water partition coefficient (Wildman–Crippen LogP) is 2.19. The monoisotopic (exact) mass is 459 g/mol. The number of aliphatic imine (C=N–C) groups is 1. The Balaban J connectivity index is 1.82. The van der Waals surface area contributed by atoms with Crippen molar-refractivity contribution in [3.8, 4) is 0 Å². The zero-order chi connectivity index (χ0) is 23.1. The number of hydrogen-bond acceptors (Lipinski definition) is 4. The standard InChI is InChI=1S/C23H33N5O3S/c1-2-17-12-15-28(16-13-17)22(29)20(10-6-14-26-23(24)25)27-32(30,31)21-11-5-8-18-7-3-4-9-19(18)21/h3-5,7-9,11,17,20,27H,2,6,10,12-16H2,1H3,(H4,24,25,26). The van der Waals surface area contributed by atoms with E-state index in [-0.39, 0.29) is 16.8 Å². The molecule has 9 heteroatoms. The molecule has 1 heterocycles. The van der Waals surface area contributed by atoms with E-state index in [1.54, 1.807) is 29.2 Å². The fourth-order valence-electron chi connectivity index (χ4n) is 4.20. The minimum atomic E-state index is -3.92. The number of sulfonamides is 1. The van der Waals surface area contributed by atoms with Crippen molar-refractivity contribution in [3.63, 3.8) is 0 Å². The molecule has 0 aliphatic carbocycles. The molecule has 0 aromatic heterocycles. The summed E-state index contributed by atoms with van der Waals surface area (Å²) in [5.41, 5.74) is 10.8. The van der Waals surface area contributed by atoms with Gasteiger partial charge in [0.2, 0.25) is 15.9 Å². The fraction of sp³-hybridized carbons (Fsp3) is 0.478. The Kier molecular flexibility index (Phi) is 8.09. The molecule has 2 aromatic carbocycles. The molecule has 5 N–H and O–H groups in total. The van der Waals surface area contributed by atoms with Crippen molar-refractivity contribution in [2.24, 2.45) is 22.4 Å². The van der Waals surface area contributed by atoms with Gasteiger partial charge in [0.15, 0.2) is 5.96 Å². The van der Waals surface area contributed by atoms with Gasteiger partial charge >= 0.3 is 0 Å². The van der Waals surface area contributed by atoms with Crippen LogP contribution >= 0.6 is 0 Å². The molecule has 3 rings (SSSR count). The zero-order valence-electron chi connectivity index (χ0n) is 18.5. The number of benzene rings is 2. The van der Waals surface area contributed by atoms with Crippen LogP contribution in [0.1, 0.15) is 39.0 Å². The Morgan fingerprint density at radius 1 is 1.16 bits per heavy atom. The maximum atomic E-state index is 13.3. The van der Waals surface area contributed by atoms with Crippen LogP contribution in [0.5, 0.6) is 0 Å². The quantitative estimate of drug-likeness (QED) is 0.300. The summed E-state index contributed by atoms with van der Waals surface area (Å²) in [5.74, 6) is 0.408. The predicted molar refractivity (Wildman–Crippen MR) is 128 cm³/mol. The molecule has 1 aliphatic rings. The van der Waals surface area contributed by atoms with Gasteiger partial charge in [-0.25, -0.2) is 8.42 Å². The lowest BCUT2D eigenvalue weighted by atomic mass is 9.94. The summed E-state index contributed by atoms with van der Waals surface area (Å²) < 4.78 is 29.3. The normalized spacial score (nSPS) is 16.1. The van der Waals surface area contributed by atoms with Gasteiger partial charge in [0, 0.05) is 25.0 Å². The molecule has 2 aromatic rings. The van der Waals surface area contributed by atoms with E-state index in [1.807, 2.05) is 18.2 Å². The van der Waals surface area contributed by atoms with Crippen LogP contribution in [0, 0.1) is 5.92 Å². The number of carbonyl (C=O) groups is 1. The van der Waals surface area contributed by atoms with E-state index < -0.39 is 16.1 Å². The summed E-state index contributed by atoms with van der Waals surface area (Å²) >= 11 is 0. The Bertz CT molecular complexity index is 1050. The molecule has 32 heavy (non-hydrogen) atoms. The highest BCUT2D eigenvalue weighted by atomic mass is 32.2. The van der Waals surface area contributed by atoms with Crippen LogP contribution in [0.25, 0.3) is 10.8 Å². The van der Waals surface area contributed by atoms with Crippen LogP contribution in [0.2, 0.25) is 0 Å². The van der Waals surface area contributed by atoms with Crippen LogP contribution in [0.15, 0.2) is 52.4 Å². The minimum Gasteiger partial charge on any atom is -0.370 e. The number of rotatable bonds is 9. The molecule has 8 nitrogen and oxygen atoms in total. The lowest BCUT2D eigenvalue weighted by molar-refractivity contribution is -0.134. The summed E-state index contributed by atoms with van der Waals surface area (Å²) in [7, 11) is -3.92. The highest BCUT2D eigenvalue weighted by Gasteiger charge is 2.31. The second-order valence-electron chi connectivity index (χ2n) is 8.28. The van der Waals surface area contributed by atoms with E-state index in [9.17, 15) is 13.2 Å². The molecule has 0 radical (unpaired) electrons. The number of piperidine rings is 1. The van der Waals surface area contributed by atoms with Gasteiger partial charge in [-0.2, -0.15) is 4.72 Å². The van der Waals surface area contributed by atoms with Gasteiger partial charge in [-0.3, -0.25) is 9.79 Å². The van der Waals surface area contributed by atoms with E-state index in [4.69, 9.17) is 11.5 Å². The van der Waals surface area contributed by atoms with E-state index in [2.05, 4.69) is 16.6 Å². The number of hydrogen-bond donors (Lipinski definition) is 3. The van der Waals surface area contributed by atoms with Crippen molar-refractivity contribution in [1.29, 1.82) is 0 Å². The van der Waals surface area contributed by atoms with Crippen LogP contribution in [0.3, 0.4) is 0 Å². The Morgan fingerprint density at radius 3 is 2.53 bits per heavy atom. The van der Waals surface area contributed by atoms with Crippen molar-refractivity contribution < 1.29 is 13.2 Å². The van der Waals surface area contributed by atoms with Gasteiger partial charge < -0.3 is 16.4 Å². The number of amides is 1. The summed E-state index contributed by atoms with van der Waals surface area (Å²) in [4.78, 5) is 19.2. The molecule has 1 amide bonds. The maximum Gasteiger partial charge on any atom is 0.241 e. The van der Waals surface area contributed by atoms with Crippen molar-refractivity contribution in [2.45, 2.75) is 50.0 Å². The van der Waals surface area contributed by atoms with E-state index in [1.165, 1.54) is 0 Å². The van der Waals surface area contributed by atoms with Crippen LogP contribution in [-0.2, 0) is 14.8 Å². The molecule has 0 spiro atoms. The lowest BCUT2D eigenvalue weighted by Crippen LogP contribution is -2.50. The van der Waals surface area contributed by atoms with Crippen molar-refractivity contribution in [2.75, 3.05) is 19.6 Å². The Morgan fingerprint density at radius 2 is 1.84 bits per heavy atom. The largest absolute Gasteiger partial charge is 0.370 e. The minimum absolute atomic E-state index is 0.0224. The number of carbonyl (C=O) groups excluding carboxylic acids is 1. The maximum absolute atomic E-state index is 13.3. The fourth-order valence-corrected chi connectivity index (χ4v) is 5.65. The average Bonchev–Trinajstić information content (AvgIpc) is 2.80. The first-order valence-corrected chi connectivity index (χ1v) is 12.6. The highest BCUT2D eigenvalue weighted by Crippen LogP contribution is 2.24. The molecular formula is C23H33N5O3S. The molecule has 1 aliphatic heterocycles. The zero-order valence-corrected chi connectivity index (χ0v) is 19.4. The van der Waals surface area contributed by atoms with Crippen molar-refractivity contribution in [1.82, 2.24) is 9.62 Å². The second kappa shape index (κ2) is 10.8. The van der Waals surface area contributed by atoms with Gasteiger partial charge in [0.25, 0.3) is 0 Å². The number of nitrogens with two attached hydrogens (primary N) is 2. The number of guanidine groups is 1. The highest BCUT2D eigenvalue weighted by molar-refractivity contribution is 7.89. The molecular weight excluding hydrogens is 426 g/mol. The second-order valence-corrected chi connectivity index (χ2v) is 9.96. The summed E-state index contributed by atoms with van der Waals surface area (Å²) in [6.45, 7) is 3.79. The molecule has 174 valence electrons. The summed E-state index contributed by atoms with van der Waals surface area (Å²) in [6, 6.07) is 11.6. The van der Waals surface area contributed by atoms with Crippen LogP contribution in [0.4, 0.5) is 0 Å². The summed E-state index contributed by atoms with van der Waals surface area (Å²) in [6.07, 6.45) is 3.78. The third-order valence-electron chi connectivity index (χ3n) is 6.08. The van der Waals surface area contributed by atoms with Gasteiger partial charge in [-0.1, -0.05) is 49.7 Å². The first-order valence-electron chi connectivity index (χ1n) is 11.2. The number of fused-ring (bicyclic) bond motifs is 1. The van der Waals surface area contributed by atoms with Crippen molar-refractivity contribution >= 4 is 32.7 Å². The SMILES string of the molecule is CCC1CCN(C(=O)C(CCCN=C(N)N)NS(=O)(=O)c2cccc3ccccc23)CC1. The molecule has 1 saturated heterocycles. The molecule has 1 unspecified atom stereocenters. The topological polar surface area (TPSA) is 131 Å². The Labute approximate surface area is 190 Å². The molecule has 0 bridgehead atoms. The third kappa shape index (κ3) is 5.98. The van der Waals surface area contributed by atoms with Gasteiger partial charge in [0.1, 0.15) is 6.04 Å².